The van der Waals surface area contributed by atoms with Crippen molar-refractivity contribution in [2.75, 3.05) is 0 Å². The Labute approximate surface area is 132 Å². The lowest BCUT2D eigenvalue weighted by molar-refractivity contribution is 0.580. The number of aryl methyl sites for hydroxylation is 2. The van der Waals surface area contributed by atoms with E-state index in [-0.39, 0.29) is 0 Å². The van der Waals surface area contributed by atoms with E-state index in [1.165, 1.54) is 17.7 Å². The zero-order valence-electron chi connectivity index (χ0n) is 13.8. The number of aromatic nitrogens is 5. The molecule has 0 N–H and O–H groups in total. The maximum absolute atomic E-state index is 4.64. The zero-order chi connectivity index (χ0) is 15.5. The van der Waals surface area contributed by atoms with Gasteiger partial charge in [-0.05, 0) is 39.5 Å². The Balaban J connectivity index is 1.76. The molecular formula is C17H25N5. The Morgan fingerprint density at radius 2 is 2.14 bits per heavy atom. The van der Waals surface area contributed by atoms with Crippen LogP contribution in [0.3, 0.4) is 0 Å². The molecule has 0 radical (unpaired) electrons. The summed E-state index contributed by atoms with van der Waals surface area (Å²) in [4.78, 5) is 0. The van der Waals surface area contributed by atoms with Crippen molar-refractivity contribution in [3.8, 4) is 0 Å². The van der Waals surface area contributed by atoms with Gasteiger partial charge in [0.05, 0.1) is 17.9 Å². The van der Waals surface area contributed by atoms with E-state index >= 15 is 0 Å². The van der Waals surface area contributed by atoms with Crippen molar-refractivity contribution in [1.82, 2.24) is 24.8 Å². The van der Waals surface area contributed by atoms with E-state index in [1.54, 1.807) is 0 Å². The zero-order valence-corrected chi connectivity index (χ0v) is 13.8. The van der Waals surface area contributed by atoms with Gasteiger partial charge in [-0.15, -0.1) is 5.10 Å². The molecule has 2 heterocycles. The summed E-state index contributed by atoms with van der Waals surface area (Å²) in [5.74, 6) is 0.531. The molecule has 3 rings (SSSR count). The summed E-state index contributed by atoms with van der Waals surface area (Å²) in [6, 6.07) is 0. The van der Waals surface area contributed by atoms with Crippen LogP contribution in [0.4, 0.5) is 0 Å². The molecule has 0 amide bonds. The average Bonchev–Trinajstić information content (AvgIpc) is 3.10. The lowest BCUT2D eigenvalue weighted by Gasteiger charge is -2.13. The summed E-state index contributed by atoms with van der Waals surface area (Å²) in [6.45, 7) is 8.14. The normalized spacial score (nSPS) is 18.0. The van der Waals surface area contributed by atoms with Crippen LogP contribution in [0.1, 0.15) is 61.2 Å². The summed E-state index contributed by atoms with van der Waals surface area (Å²) in [7, 11) is 0. The number of nitrogens with zero attached hydrogens (tertiary/aromatic N) is 5. The molecule has 1 unspecified atom stereocenters. The van der Waals surface area contributed by atoms with Gasteiger partial charge in [0.25, 0.3) is 0 Å². The quantitative estimate of drug-likeness (QED) is 0.795. The minimum Gasteiger partial charge on any atom is -0.269 e. The predicted molar refractivity (Wildman–Crippen MR) is 86.8 cm³/mol. The van der Waals surface area contributed by atoms with Gasteiger partial charge in [-0.3, -0.25) is 4.68 Å². The summed E-state index contributed by atoms with van der Waals surface area (Å²) < 4.78 is 4.06. The molecule has 1 atom stereocenters. The summed E-state index contributed by atoms with van der Waals surface area (Å²) in [5, 5.41) is 13.4. The van der Waals surface area contributed by atoms with Crippen LogP contribution in [0, 0.1) is 13.8 Å². The molecule has 5 nitrogen and oxygen atoms in total. The smallest absolute Gasteiger partial charge is 0.0861 e. The number of hydrogen-bond donors (Lipinski definition) is 0. The first-order valence-electron chi connectivity index (χ1n) is 8.27. The molecule has 5 heteroatoms. The third-order valence-corrected chi connectivity index (χ3v) is 4.53. The lowest BCUT2D eigenvalue weighted by Crippen LogP contribution is -2.05. The molecule has 0 fully saturated rings. The Morgan fingerprint density at radius 3 is 2.86 bits per heavy atom. The molecule has 0 aromatic carbocycles. The van der Waals surface area contributed by atoms with Crippen molar-refractivity contribution in [1.29, 1.82) is 0 Å². The molecule has 2 aromatic heterocycles. The van der Waals surface area contributed by atoms with E-state index in [2.05, 4.69) is 59.2 Å². The first-order valence-corrected chi connectivity index (χ1v) is 8.27. The van der Waals surface area contributed by atoms with Crippen molar-refractivity contribution in [3.05, 3.63) is 41.0 Å². The highest BCUT2D eigenvalue weighted by Gasteiger charge is 2.17. The Hall–Kier alpha value is -1.91. The van der Waals surface area contributed by atoms with Crippen molar-refractivity contribution in [3.63, 3.8) is 0 Å². The van der Waals surface area contributed by atoms with Gasteiger partial charge in [-0.2, -0.15) is 5.10 Å². The molecule has 0 bridgehead atoms. The number of rotatable bonds is 5. The van der Waals surface area contributed by atoms with E-state index in [4.69, 9.17) is 0 Å². The number of hydrogen-bond acceptors (Lipinski definition) is 3. The molecule has 118 valence electrons. The predicted octanol–water partition coefficient (Wildman–Crippen LogP) is 3.37. The SMILES string of the molecule is CCCn1nc(C)c(Cn2cc(C3CC=CCC3)nn2)c1C. The van der Waals surface area contributed by atoms with Gasteiger partial charge in [0.15, 0.2) is 0 Å². The highest BCUT2D eigenvalue weighted by atomic mass is 15.4. The van der Waals surface area contributed by atoms with E-state index < -0.39 is 0 Å². The molecule has 2 aromatic rings. The monoisotopic (exact) mass is 299 g/mol. The van der Waals surface area contributed by atoms with Crippen molar-refractivity contribution in [2.45, 2.75) is 65.5 Å². The third kappa shape index (κ3) is 2.98. The van der Waals surface area contributed by atoms with E-state index in [9.17, 15) is 0 Å². The van der Waals surface area contributed by atoms with Crippen LogP contribution in [0.25, 0.3) is 0 Å². The molecule has 1 aliphatic rings. The first kappa shape index (κ1) is 15.0. The lowest BCUT2D eigenvalue weighted by atomic mass is 9.92. The molecule has 1 aliphatic carbocycles. The fourth-order valence-corrected chi connectivity index (χ4v) is 3.19. The standard InChI is InChI=1S/C17H25N5/c1-4-10-22-14(3)16(13(2)19-22)11-21-12-17(18-20-21)15-8-6-5-7-9-15/h5-6,12,15H,4,7-11H2,1-3H3. The molecular weight excluding hydrogens is 274 g/mol. The van der Waals surface area contributed by atoms with Crippen LogP contribution < -0.4 is 0 Å². The maximum Gasteiger partial charge on any atom is 0.0861 e. The fraction of sp³-hybridized carbons (Fsp3) is 0.588. The summed E-state index contributed by atoms with van der Waals surface area (Å²) in [6.07, 6.45) is 11.2. The van der Waals surface area contributed by atoms with Crippen molar-refractivity contribution >= 4 is 0 Å². The highest BCUT2D eigenvalue weighted by molar-refractivity contribution is 5.25. The second kappa shape index (κ2) is 6.46. The fourth-order valence-electron chi connectivity index (χ4n) is 3.19. The second-order valence-electron chi connectivity index (χ2n) is 6.19. The van der Waals surface area contributed by atoms with Crippen LogP contribution >= 0.6 is 0 Å². The first-order chi connectivity index (χ1) is 10.7. The topological polar surface area (TPSA) is 48.5 Å². The number of allylic oxidation sites excluding steroid dienone is 2. The van der Waals surface area contributed by atoms with Crippen molar-refractivity contribution in [2.24, 2.45) is 0 Å². The van der Waals surface area contributed by atoms with Gasteiger partial charge < -0.3 is 0 Å². The van der Waals surface area contributed by atoms with E-state index in [0.29, 0.717) is 5.92 Å². The van der Waals surface area contributed by atoms with Crippen molar-refractivity contribution < 1.29 is 0 Å². The van der Waals surface area contributed by atoms with Crippen LogP contribution in [0.5, 0.6) is 0 Å². The maximum atomic E-state index is 4.64. The van der Waals surface area contributed by atoms with E-state index in [0.717, 1.165) is 43.7 Å². The molecule has 0 aliphatic heterocycles. The molecule has 22 heavy (non-hydrogen) atoms. The second-order valence-corrected chi connectivity index (χ2v) is 6.19. The molecule has 0 saturated carbocycles. The van der Waals surface area contributed by atoms with E-state index in [1.807, 2.05) is 4.68 Å². The minimum atomic E-state index is 0.531. The average molecular weight is 299 g/mol. The Morgan fingerprint density at radius 1 is 1.27 bits per heavy atom. The van der Waals surface area contributed by atoms with Gasteiger partial charge in [0.2, 0.25) is 0 Å². The van der Waals surface area contributed by atoms with Crippen LogP contribution in [-0.4, -0.2) is 24.8 Å². The van der Waals surface area contributed by atoms with Gasteiger partial charge in [0, 0.05) is 29.9 Å². The third-order valence-electron chi connectivity index (χ3n) is 4.53. The molecule has 0 spiro atoms. The highest BCUT2D eigenvalue weighted by Crippen LogP contribution is 2.27. The van der Waals surface area contributed by atoms with Gasteiger partial charge >= 0.3 is 0 Å². The summed E-state index contributed by atoms with van der Waals surface area (Å²) >= 11 is 0. The summed E-state index contributed by atoms with van der Waals surface area (Å²) in [5.41, 5.74) is 4.75. The molecule has 0 saturated heterocycles. The Bertz CT molecular complexity index is 665. The minimum absolute atomic E-state index is 0.531. The van der Waals surface area contributed by atoms with Gasteiger partial charge in [-0.1, -0.05) is 24.3 Å². The Kier molecular flexibility index (Phi) is 4.41. The van der Waals surface area contributed by atoms with Gasteiger partial charge in [-0.25, -0.2) is 4.68 Å². The van der Waals surface area contributed by atoms with Crippen LogP contribution in [-0.2, 0) is 13.1 Å². The van der Waals surface area contributed by atoms with Gasteiger partial charge in [0.1, 0.15) is 0 Å². The van der Waals surface area contributed by atoms with Crippen LogP contribution in [0.15, 0.2) is 18.3 Å². The van der Waals surface area contributed by atoms with Crippen LogP contribution in [0.2, 0.25) is 0 Å². The largest absolute Gasteiger partial charge is 0.269 e.